The van der Waals surface area contributed by atoms with Crippen LogP contribution in [0.15, 0.2) is 80.1 Å². The molecule has 0 radical (unpaired) electrons. The molecule has 194 valence electrons. The monoisotopic (exact) mass is 568 g/mol. The van der Waals surface area contributed by atoms with Gasteiger partial charge in [-0.3, -0.25) is 9.36 Å². The fraction of sp³-hybridized carbons (Fsp3) is 0.179. The maximum absolute atomic E-state index is 13.7. The summed E-state index contributed by atoms with van der Waals surface area (Å²) in [5.74, 6) is 1.16. The van der Waals surface area contributed by atoms with E-state index in [4.69, 9.17) is 37.1 Å². The van der Waals surface area contributed by atoms with Crippen molar-refractivity contribution in [2.24, 2.45) is 4.99 Å². The van der Waals surface area contributed by atoms with Crippen LogP contribution in [0.3, 0.4) is 0 Å². The van der Waals surface area contributed by atoms with Crippen LogP contribution in [-0.4, -0.2) is 24.3 Å². The quantitative estimate of drug-likeness (QED) is 0.292. The Morgan fingerprint density at radius 2 is 1.92 bits per heavy atom. The van der Waals surface area contributed by atoms with Gasteiger partial charge >= 0.3 is 5.97 Å². The van der Waals surface area contributed by atoms with E-state index in [1.807, 2.05) is 12.1 Å². The number of benzene rings is 2. The highest BCUT2D eigenvalue weighted by molar-refractivity contribution is 7.07. The van der Waals surface area contributed by atoms with Gasteiger partial charge in [0.15, 0.2) is 4.80 Å². The van der Waals surface area contributed by atoms with Gasteiger partial charge in [-0.2, -0.15) is 0 Å². The Bertz CT molecular complexity index is 1750. The first-order valence-corrected chi connectivity index (χ1v) is 13.3. The third kappa shape index (κ3) is 4.82. The molecule has 0 N–H and O–H groups in total. The SMILES string of the molecule is CCOC(=O)C1=C(C)N=c2s/c(=C/c3ccc(-c4ccc(Cl)cc4Cl)o3)c(=O)n2[C@@H]1c1ccc(OC)cc1. The molecule has 3 heterocycles. The number of rotatable bonds is 6. The number of aromatic nitrogens is 1. The van der Waals surface area contributed by atoms with Crippen LogP contribution < -0.4 is 19.6 Å². The van der Waals surface area contributed by atoms with Gasteiger partial charge in [-0.25, -0.2) is 9.79 Å². The third-order valence-electron chi connectivity index (χ3n) is 6.05. The van der Waals surface area contributed by atoms with Gasteiger partial charge in [-0.05, 0) is 61.9 Å². The van der Waals surface area contributed by atoms with Gasteiger partial charge in [-0.15, -0.1) is 0 Å². The summed E-state index contributed by atoms with van der Waals surface area (Å²) >= 11 is 13.6. The lowest BCUT2D eigenvalue weighted by atomic mass is 9.96. The number of carbonyl (C=O) groups excluding carboxylic acids is 1. The van der Waals surface area contributed by atoms with Crippen molar-refractivity contribution in [3.05, 3.63) is 107 Å². The molecule has 2 aromatic heterocycles. The number of nitrogens with zero attached hydrogens (tertiary/aromatic N) is 2. The number of halogens is 2. The molecule has 0 spiro atoms. The van der Waals surface area contributed by atoms with Gasteiger partial charge in [0, 0.05) is 16.7 Å². The van der Waals surface area contributed by atoms with Crippen molar-refractivity contribution in [3.8, 4) is 17.1 Å². The zero-order valence-electron chi connectivity index (χ0n) is 20.7. The van der Waals surface area contributed by atoms with Crippen LogP contribution >= 0.6 is 34.5 Å². The Morgan fingerprint density at radius 1 is 1.16 bits per heavy atom. The zero-order valence-corrected chi connectivity index (χ0v) is 23.0. The molecule has 38 heavy (non-hydrogen) atoms. The van der Waals surface area contributed by atoms with Gasteiger partial charge in [0.2, 0.25) is 0 Å². The van der Waals surface area contributed by atoms with E-state index in [9.17, 15) is 9.59 Å². The summed E-state index contributed by atoms with van der Waals surface area (Å²) in [6.07, 6.45) is 1.66. The van der Waals surface area contributed by atoms with Crippen LogP contribution in [0.1, 0.15) is 31.2 Å². The van der Waals surface area contributed by atoms with E-state index in [-0.39, 0.29) is 12.2 Å². The smallest absolute Gasteiger partial charge is 0.338 e. The summed E-state index contributed by atoms with van der Waals surface area (Å²) in [6, 6.07) is 15.2. The molecular formula is C28H22Cl2N2O5S. The number of hydrogen-bond donors (Lipinski definition) is 0. The van der Waals surface area contributed by atoms with Crippen LogP contribution in [0, 0.1) is 0 Å². The molecule has 0 aliphatic carbocycles. The first-order valence-electron chi connectivity index (χ1n) is 11.7. The van der Waals surface area contributed by atoms with E-state index in [1.54, 1.807) is 69.5 Å². The van der Waals surface area contributed by atoms with Crippen LogP contribution in [0.2, 0.25) is 10.0 Å². The molecule has 0 bridgehead atoms. The van der Waals surface area contributed by atoms with E-state index in [2.05, 4.69) is 4.99 Å². The average Bonchev–Trinajstić information content (AvgIpc) is 3.47. The molecule has 5 rings (SSSR count). The van der Waals surface area contributed by atoms with Gasteiger partial charge in [0.25, 0.3) is 5.56 Å². The number of carbonyl (C=O) groups is 1. The number of hydrogen-bond acceptors (Lipinski definition) is 7. The number of thiazole rings is 1. The topological polar surface area (TPSA) is 83.0 Å². The molecule has 0 amide bonds. The number of furan rings is 1. The molecule has 0 saturated carbocycles. The standard InChI is InChI=1S/C28H22Cl2N2O5S/c1-4-36-27(34)24-15(2)31-28-32(25(24)16-5-8-18(35-3)9-6-16)26(33)23(38-28)14-19-10-12-22(37-19)20-11-7-17(29)13-21(20)30/h5-14,25H,4H2,1-3H3/b23-14+/t25-/m1/s1. The van der Waals surface area contributed by atoms with E-state index in [1.165, 1.54) is 15.9 Å². The number of allylic oxidation sites excluding steroid dienone is 1. The second kappa shape index (κ2) is 10.6. The zero-order chi connectivity index (χ0) is 27.0. The number of esters is 1. The lowest BCUT2D eigenvalue weighted by Crippen LogP contribution is -2.39. The maximum atomic E-state index is 13.7. The lowest BCUT2D eigenvalue weighted by Gasteiger charge is -2.24. The lowest BCUT2D eigenvalue weighted by molar-refractivity contribution is -0.139. The van der Waals surface area contributed by atoms with Gasteiger partial charge < -0.3 is 13.9 Å². The van der Waals surface area contributed by atoms with Crippen molar-refractivity contribution in [1.82, 2.24) is 4.57 Å². The van der Waals surface area contributed by atoms with Crippen LogP contribution in [0.5, 0.6) is 5.75 Å². The Kier molecular flexibility index (Phi) is 7.29. The molecule has 0 saturated heterocycles. The Morgan fingerprint density at radius 3 is 2.61 bits per heavy atom. The first-order chi connectivity index (χ1) is 18.3. The molecule has 0 unspecified atom stereocenters. The first kappa shape index (κ1) is 26.0. The van der Waals surface area contributed by atoms with Crippen molar-refractivity contribution in [2.45, 2.75) is 19.9 Å². The van der Waals surface area contributed by atoms with E-state index in [0.29, 0.717) is 53.5 Å². The van der Waals surface area contributed by atoms with E-state index < -0.39 is 12.0 Å². The Labute approximate surface area is 231 Å². The highest BCUT2D eigenvalue weighted by atomic mass is 35.5. The normalized spacial score (nSPS) is 15.3. The van der Waals surface area contributed by atoms with Crippen molar-refractivity contribution < 1.29 is 18.7 Å². The summed E-state index contributed by atoms with van der Waals surface area (Å²) < 4.78 is 18.5. The summed E-state index contributed by atoms with van der Waals surface area (Å²) in [4.78, 5) is 31.8. The molecule has 2 aromatic carbocycles. The van der Waals surface area contributed by atoms with Crippen molar-refractivity contribution in [2.75, 3.05) is 13.7 Å². The molecule has 1 aliphatic rings. The minimum Gasteiger partial charge on any atom is -0.497 e. The second-order valence-electron chi connectivity index (χ2n) is 8.40. The fourth-order valence-corrected chi connectivity index (χ4v) is 5.82. The molecule has 10 heteroatoms. The van der Waals surface area contributed by atoms with Gasteiger partial charge in [0.1, 0.15) is 17.3 Å². The molecule has 7 nitrogen and oxygen atoms in total. The van der Waals surface area contributed by atoms with Gasteiger partial charge in [0.05, 0.1) is 40.6 Å². The van der Waals surface area contributed by atoms with E-state index >= 15 is 0 Å². The van der Waals surface area contributed by atoms with Crippen molar-refractivity contribution in [1.29, 1.82) is 0 Å². The highest BCUT2D eigenvalue weighted by Gasteiger charge is 2.33. The molecule has 1 aliphatic heterocycles. The van der Waals surface area contributed by atoms with Crippen LogP contribution in [0.25, 0.3) is 17.4 Å². The number of methoxy groups -OCH3 is 1. The Hall–Kier alpha value is -3.59. The molecule has 1 atom stereocenters. The fourth-order valence-electron chi connectivity index (χ4n) is 4.29. The van der Waals surface area contributed by atoms with Crippen molar-refractivity contribution in [3.63, 3.8) is 0 Å². The van der Waals surface area contributed by atoms with Crippen LogP contribution in [-0.2, 0) is 9.53 Å². The minimum atomic E-state index is -0.710. The highest BCUT2D eigenvalue weighted by Crippen LogP contribution is 2.33. The average molecular weight is 569 g/mol. The van der Waals surface area contributed by atoms with Crippen LogP contribution in [0.4, 0.5) is 0 Å². The minimum absolute atomic E-state index is 0.202. The predicted molar refractivity (Wildman–Crippen MR) is 148 cm³/mol. The largest absolute Gasteiger partial charge is 0.497 e. The van der Waals surface area contributed by atoms with Gasteiger partial charge in [-0.1, -0.05) is 46.7 Å². The summed E-state index contributed by atoms with van der Waals surface area (Å²) in [5.41, 5.74) is 1.93. The number of fused-ring (bicyclic) bond motifs is 1. The van der Waals surface area contributed by atoms with Crippen molar-refractivity contribution >= 4 is 46.6 Å². The third-order valence-corrected chi connectivity index (χ3v) is 7.58. The molecule has 0 fully saturated rings. The maximum Gasteiger partial charge on any atom is 0.338 e. The number of ether oxygens (including phenoxy) is 2. The summed E-state index contributed by atoms with van der Waals surface area (Å²) in [6.45, 7) is 3.68. The van der Waals surface area contributed by atoms with E-state index in [0.717, 1.165) is 5.56 Å². The predicted octanol–water partition coefficient (Wildman–Crippen LogP) is 5.37. The molecule has 4 aromatic rings. The summed E-state index contributed by atoms with van der Waals surface area (Å²) in [7, 11) is 1.58. The molecular weight excluding hydrogens is 547 g/mol. The summed E-state index contributed by atoms with van der Waals surface area (Å²) in [5, 5.41) is 0.981. The second-order valence-corrected chi connectivity index (χ2v) is 10.3. The Balaban J connectivity index is 1.63.